The third kappa shape index (κ3) is 3.29. The molecule has 2 saturated carbocycles. The quantitative estimate of drug-likeness (QED) is 0.663. The molecule has 4 heteroatoms. The average Bonchev–Trinajstić information content (AvgIpc) is 3.24. The molecule has 2 unspecified atom stereocenters. The zero-order chi connectivity index (χ0) is 14.0. The zero-order valence-electron chi connectivity index (χ0n) is 12.6. The maximum atomic E-state index is 12.1. The lowest BCUT2D eigenvalue weighted by Gasteiger charge is -2.38. The molecule has 3 N–H and O–H groups in total. The second-order valence-electron chi connectivity index (χ2n) is 6.53. The van der Waals surface area contributed by atoms with E-state index in [0.717, 1.165) is 38.3 Å². The van der Waals surface area contributed by atoms with Crippen LogP contribution in [0.25, 0.3) is 0 Å². The number of likely N-dealkylation sites (N-methyl/N-ethyl adjacent to an activating group) is 1. The number of nitrogens with one attached hydrogen (secondary N) is 1. The molecular formula is C15H29N3O. The minimum Gasteiger partial charge on any atom is -0.368 e. The van der Waals surface area contributed by atoms with Gasteiger partial charge in [0.05, 0.1) is 0 Å². The van der Waals surface area contributed by atoms with Crippen LogP contribution in [-0.4, -0.2) is 42.5 Å². The minimum atomic E-state index is -0.506. The van der Waals surface area contributed by atoms with Gasteiger partial charge in [0.1, 0.15) is 5.54 Å². The molecule has 0 bridgehead atoms. The Hall–Kier alpha value is -0.610. The highest BCUT2D eigenvalue weighted by Gasteiger charge is 2.50. The van der Waals surface area contributed by atoms with Crippen LogP contribution in [0.5, 0.6) is 0 Å². The summed E-state index contributed by atoms with van der Waals surface area (Å²) in [6.45, 7) is 6.02. The molecule has 2 fully saturated rings. The zero-order valence-corrected chi connectivity index (χ0v) is 12.6. The Labute approximate surface area is 117 Å². The van der Waals surface area contributed by atoms with Gasteiger partial charge in [-0.2, -0.15) is 0 Å². The van der Waals surface area contributed by atoms with E-state index in [4.69, 9.17) is 5.73 Å². The fourth-order valence-corrected chi connectivity index (χ4v) is 3.10. The van der Waals surface area contributed by atoms with Crippen molar-refractivity contribution in [3.63, 3.8) is 0 Å². The fourth-order valence-electron chi connectivity index (χ4n) is 3.10. The largest absolute Gasteiger partial charge is 0.368 e. The third-order valence-corrected chi connectivity index (χ3v) is 4.90. The summed E-state index contributed by atoms with van der Waals surface area (Å²) in [5.41, 5.74) is 5.26. The predicted octanol–water partition coefficient (Wildman–Crippen LogP) is 1.35. The molecule has 2 aliphatic rings. The molecule has 0 radical (unpaired) electrons. The van der Waals surface area contributed by atoms with E-state index in [1.165, 1.54) is 12.8 Å². The summed E-state index contributed by atoms with van der Waals surface area (Å²) >= 11 is 0. The standard InChI is InChI=1S/C15H29N3O/c1-4-9-17-15(14(16)19,13-7-8-13)10-18(3)11(2)12-5-6-12/h11-13,17H,4-10H2,1-3H3,(H2,16,19). The number of nitrogens with two attached hydrogens (primary N) is 1. The van der Waals surface area contributed by atoms with Gasteiger partial charge in [-0.05, 0) is 64.5 Å². The summed E-state index contributed by atoms with van der Waals surface area (Å²) in [7, 11) is 2.14. The Morgan fingerprint density at radius 3 is 2.47 bits per heavy atom. The first-order valence-corrected chi connectivity index (χ1v) is 7.76. The van der Waals surface area contributed by atoms with Gasteiger partial charge < -0.3 is 16.0 Å². The van der Waals surface area contributed by atoms with Crippen LogP contribution in [0.1, 0.15) is 46.0 Å². The maximum Gasteiger partial charge on any atom is 0.239 e. The number of primary amides is 1. The first kappa shape index (κ1) is 14.8. The number of nitrogens with zero attached hydrogens (tertiary/aromatic N) is 1. The van der Waals surface area contributed by atoms with E-state index in [0.29, 0.717) is 12.0 Å². The smallest absolute Gasteiger partial charge is 0.239 e. The lowest BCUT2D eigenvalue weighted by Crippen LogP contribution is -2.63. The van der Waals surface area contributed by atoms with E-state index in [1.54, 1.807) is 0 Å². The van der Waals surface area contributed by atoms with Gasteiger partial charge >= 0.3 is 0 Å². The highest BCUT2D eigenvalue weighted by atomic mass is 16.1. The van der Waals surface area contributed by atoms with Crippen molar-refractivity contribution in [3.05, 3.63) is 0 Å². The van der Waals surface area contributed by atoms with E-state index in [1.807, 2.05) is 0 Å². The highest BCUT2D eigenvalue weighted by molar-refractivity contribution is 5.86. The Morgan fingerprint density at radius 1 is 1.42 bits per heavy atom. The van der Waals surface area contributed by atoms with Gasteiger partial charge in [-0.15, -0.1) is 0 Å². The molecule has 0 aromatic heterocycles. The van der Waals surface area contributed by atoms with Crippen LogP contribution in [0.3, 0.4) is 0 Å². The van der Waals surface area contributed by atoms with Crippen molar-refractivity contribution in [3.8, 4) is 0 Å². The van der Waals surface area contributed by atoms with Crippen LogP contribution >= 0.6 is 0 Å². The van der Waals surface area contributed by atoms with Gasteiger partial charge in [0, 0.05) is 12.6 Å². The van der Waals surface area contributed by atoms with Gasteiger partial charge in [0.2, 0.25) is 5.91 Å². The SMILES string of the molecule is CCCNC(CN(C)C(C)C1CC1)(C(N)=O)C1CC1. The van der Waals surface area contributed by atoms with Crippen LogP contribution in [0, 0.1) is 11.8 Å². The number of carbonyl (C=O) groups excluding carboxylic acids is 1. The molecule has 4 nitrogen and oxygen atoms in total. The van der Waals surface area contributed by atoms with Gasteiger partial charge in [0.25, 0.3) is 0 Å². The third-order valence-electron chi connectivity index (χ3n) is 4.90. The number of amides is 1. The molecular weight excluding hydrogens is 238 g/mol. The van der Waals surface area contributed by atoms with Crippen LogP contribution in [0.4, 0.5) is 0 Å². The van der Waals surface area contributed by atoms with Crippen molar-refractivity contribution in [2.24, 2.45) is 17.6 Å². The average molecular weight is 267 g/mol. The van der Waals surface area contributed by atoms with Crippen molar-refractivity contribution in [2.75, 3.05) is 20.1 Å². The van der Waals surface area contributed by atoms with Crippen LogP contribution in [0.15, 0.2) is 0 Å². The normalized spacial score (nSPS) is 24.2. The number of hydrogen-bond acceptors (Lipinski definition) is 3. The van der Waals surface area contributed by atoms with Crippen LogP contribution in [-0.2, 0) is 4.79 Å². The lowest BCUT2D eigenvalue weighted by molar-refractivity contribution is -0.126. The first-order chi connectivity index (χ1) is 9.01. The molecule has 0 spiro atoms. The predicted molar refractivity (Wildman–Crippen MR) is 77.8 cm³/mol. The van der Waals surface area contributed by atoms with E-state index in [-0.39, 0.29) is 5.91 Å². The fraction of sp³-hybridized carbons (Fsp3) is 0.933. The molecule has 110 valence electrons. The molecule has 0 aromatic rings. The van der Waals surface area contributed by atoms with E-state index >= 15 is 0 Å². The summed E-state index contributed by atoms with van der Waals surface area (Å²) in [5.74, 6) is 1.09. The Bertz CT molecular complexity index is 325. The number of hydrogen-bond donors (Lipinski definition) is 2. The van der Waals surface area contributed by atoms with Gasteiger partial charge in [-0.1, -0.05) is 6.92 Å². The summed E-state index contributed by atoms with van der Waals surface area (Å²) in [6.07, 6.45) is 5.96. The molecule has 2 aliphatic carbocycles. The monoisotopic (exact) mass is 267 g/mol. The lowest BCUT2D eigenvalue weighted by atomic mass is 9.90. The number of rotatable bonds is 9. The molecule has 2 atom stereocenters. The highest BCUT2D eigenvalue weighted by Crippen LogP contribution is 2.41. The molecule has 0 aliphatic heterocycles. The summed E-state index contributed by atoms with van der Waals surface area (Å²) in [4.78, 5) is 14.4. The first-order valence-electron chi connectivity index (χ1n) is 7.76. The molecule has 0 aromatic carbocycles. The van der Waals surface area contributed by atoms with Gasteiger partial charge in [0.15, 0.2) is 0 Å². The van der Waals surface area contributed by atoms with E-state index in [2.05, 4.69) is 31.1 Å². The summed E-state index contributed by atoms with van der Waals surface area (Å²) in [6, 6.07) is 0.556. The van der Waals surface area contributed by atoms with Crippen molar-refractivity contribution in [2.45, 2.75) is 57.5 Å². The molecule has 19 heavy (non-hydrogen) atoms. The maximum absolute atomic E-state index is 12.1. The summed E-state index contributed by atoms with van der Waals surface area (Å²) < 4.78 is 0. The minimum absolute atomic E-state index is 0.168. The molecule has 0 saturated heterocycles. The molecule has 2 rings (SSSR count). The number of carbonyl (C=O) groups is 1. The summed E-state index contributed by atoms with van der Waals surface area (Å²) in [5, 5.41) is 3.47. The van der Waals surface area contributed by atoms with Crippen LogP contribution < -0.4 is 11.1 Å². The van der Waals surface area contributed by atoms with Crippen molar-refractivity contribution >= 4 is 5.91 Å². The molecule has 0 heterocycles. The van der Waals surface area contributed by atoms with Crippen molar-refractivity contribution < 1.29 is 4.79 Å². The Morgan fingerprint density at radius 2 is 2.05 bits per heavy atom. The second-order valence-corrected chi connectivity index (χ2v) is 6.53. The topological polar surface area (TPSA) is 58.4 Å². The Balaban J connectivity index is 2.04. The van der Waals surface area contributed by atoms with Crippen molar-refractivity contribution in [1.29, 1.82) is 0 Å². The van der Waals surface area contributed by atoms with Gasteiger partial charge in [-0.25, -0.2) is 0 Å². The Kier molecular flexibility index (Phi) is 4.51. The second kappa shape index (κ2) is 5.80. The van der Waals surface area contributed by atoms with Gasteiger partial charge in [-0.3, -0.25) is 4.79 Å². The molecule has 1 amide bonds. The van der Waals surface area contributed by atoms with Crippen LogP contribution in [0.2, 0.25) is 0 Å². The van der Waals surface area contributed by atoms with E-state index in [9.17, 15) is 4.79 Å². The van der Waals surface area contributed by atoms with E-state index < -0.39 is 5.54 Å². The van der Waals surface area contributed by atoms with Crippen molar-refractivity contribution in [1.82, 2.24) is 10.2 Å².